The third-order valence-corrected chi connectivity index (χ3v) is 3.77. The lowest BCUT2D eigenvalue weighted by Crippen LogP contribution is -2.10. The van der Waals surface area contributed by atoms with Crippen molar-refractivity contribution in [2.45, 2.75) is 25.3 Å². The normalized spacial score (nSPS) is 12.3. The molecule has 2 aromatic rings. The van der Waals surface area contributed by atoms with Gasteiger partial charge in [0.1, 0.15) is 0 Å². The van der Waals surface area contributed by atoms with Crippen LogP contribution in [0.1, 0.15) is 30.0 Å². The molecule has 94 valence electrons. The molecule has 0 radical (unpaired) electrons. The summed E-state index contributed by atoms with van der Waals surface area (Å²) in [6, 6.07) is 19.2. The molecule has 0 aromatic heterocycles. The van der Waals surface area contributed by atoms with E-state index in [1.807, 2.05) is 0 Å². The van der Waals surface area contributed by atoms with Crippen LogP contribution < -0.4 is 5.73 Å². The average Bonchev–Trinajstić information content (AvgIpc) is 2.40. The summed E-state index contributed by atoms with van der Waals surface area (Å²) in [6.45, 7) is 0. The number of aryl methyl sites for hydroxylation is 1. The highest BCUT2D eigenvalue weighted by Gasteiger charge is 2.05. The van der Waals surface area contributed by atoms with Gasteiger partial charge in [0.15, 0.2) is 0 Å². The summed E-state index contributed by atoms with van der Waals surface area (Å²) in [5, 5.41) is 0. The number of benzene rings is 2. The Morgan fingerprint density at radius 2 is 1.78 bits per heavy atom. The van der Waals surface area contributed by atoms with E-state index in [1.54, 1.807) is 0 Å². The van der Waals surface area contributed by atoms with Crippen molar-refractivity contribution in [3.05, 3.63) is 69.3 Å². The minimum atomic E-state index is 0.156. The van der Waals surface area contributed by atoms with Crippen LogP contribution in [-0.2, 0) is 6.42 Å². The fourth-order valence-corrected chi connectivity index (χ4v) is 2.64. The van der Waals surface area contributed by atoms with Crippen molar-refractivity contribution in [1.29, 1.82) is 0 Å². The summed E-state index contributed by atoms with van der Waals surface area (Å²) < 4.78 is 1.25. The number of hydrogen-bond acceptors (Lipinski definition) is 1. The molecule has 18 heavy (non-hydrogen) atoms. The Morgan fingerprint density at radius 1 is 1.00 bits per heavy atom. The molecule has 0 saturated carbocycles. The molecule has 2 heteroatoms. The lowest BCUT2D eigenvalue weighted by atomic mass is 10.00. The number of nitrogens with two attached hydrogens (primary N) is 1. The van der Waals surface area contributed by atoms with Gasteiger partial charge in [-0.3, -0.25) is 0 Å². The second-order valence-electron chi connectivity index (χ2n) is 4.54. The van der Waals surface area contributed by atoms with Crippen LogP contribution in [0.15, 0.2) is 54.6 Å². The van der Waals surface area contributed by atoms with E-state index in [1.165, 1.54) is 14.7 Å². The van der Waals surface area contributed by atoms with Crippen molar-refractivity contribution in [2.75, 3.05) is 0 Å². The first-order chi connectivity index (χ1) is 8.75. The molecular formula is C16H18IN. The van der Waals surface area contributed by atoms with Gasteiger partial charge in [-0.05, 0) is 65.1 Å². The van der Waals surface area contributed by atoms with E-state index in [0.29, 0.717) is 0 Å². The largest absolute Gasteiger partial charge is 0.324 e. The van der Waals surface area contributed by atoms with Gasteiger partial charge in [-0.1, -0.05) is 42.5 Å². The molecule has 0 saturated heterocycles. The quantitative estimate of drug-likeness (QED) is 0.798. The molecule has 0 aliphatic rings. The highest BCUT2D eigenvalue weighted by molar-refractivity contribution is 14.1. The molecule has 2 aromatic carbocycles. The molecule has 0 heterocycles. The van der Waals surface area contributed by atoms with Gasteiger partial charge in [0, 0.05) is 9.61 Å². The monoisotopic (exact) mass is 351 g/mol. The molecule has 0 spiro atoms. The van der Waals surface area contributed by atoms with E-state index in [9.17, 15) is 0 Å². The van der Waals surface area contributed by atoms with Crippen molar-refractivity contribution in [3.8, 4) is 0 Å². The molecular weight excluding hydrogens is 333 g/mol. The third-order valence-electron chi connectivity index (χ3n) is 3.10. The number of rotatable bonds is 5. The van der Waals surface area contributed by atoms with E-state index in [-0.39, 0.29) is 6.04 Å². The Hall–Kier alpha value is -0.870. The van der Waals surface area contributed by atoms with Gasteiger partial charge >= 0.3 is 0 Å². The fraction of sp³-hybridized carbons (Fsp3) is 0.250. The summed E-state index contributed by atoms with van der Waals surface area (Å²) >= 11 is 2.33. The van der Waals surface area contributed by atoms with Crippen molar-refractivity contribution < 1.29 is 0 Å². The van der Waals surface area contributed by atoms with E-state index in [0.717, 1.165) is 19.3 Å². The van der Waals surface area contributed by atoms with Gasteiger partial charge in [-0.15, -0.1) is 0 Å². The summed E-state index contributed by atoms with van der Waals surface area (Å²) in [5.41, 5.74) is 8.87. The third kappa shape index (κ3) is 4.10. The van der Waals surface area contributed by atoms with Gasteiger partial charge < -0.3 is 5.73 Å². The van der Waals surface area contributed by atoms with E-state index >= 15 is 0 Å². The van der Waals surface area contributed by atoms with Gasteiger partial charge in [0.05, 0.1) is 0 Å². The first-order valence-corrected chi connectivity index (χ1v) is 7.38. The second-order valence-corrected chi connectivity index (χ2v) is 5.78. The Labute approximate surface area is 123 Å². The van der Waals surface area contributed by atoms with Crippen molar-refractivity contribution in [1.82, 2.24) is 0 Å². The predicted molar refractivity (Wildman–Crippen MR) is 85.5 cm³/mol. The molecule has 0 fully saturated rings. The predicted octanol–water partition coefficient (Wildman–Crippen LogP) is 4.31. The second kappa shape index (κ2) is 6.90. The topological polar surface area (TPSA) is 26.0 Å². The molecule has 0 aliphatic carbocycles. The first-order valence-electron chi connectivity index (χ1n) is 6.30. The average molecular weight is 351 g/mol. The maximum Gasteiger partial charge on any atom is 0.0295 e. The molecule has 1 unspecified atom stereocenters. The Balaban J connectivity index is 1.83. The minimum absolute atomic E-state index is 0.156. The number of halogens is 1. The smallest absolute Gasteiger partial charge is 0.0295 e. The maximum atomic E-state index is 6.22. The maximum absolute atomic E-state index is 6.22. The zero-order valence-electron chi connectivity index (χ0n) is 10.4. The van der Waals surface area contributed by atoms with Crippen LogP contribution in [0, 0.1) is 3.57 Å². The van der Waals surface area contributed by atoms with Crippen molar-refractivity contribution in [3.63, 3.8) is 0 Å². The lowest BCUT2D eigenvalue weighted by Gasteiger charge is -2.12. The Morgan fingerprint density at radius 3 is 2.50 bits per heavy atom. The van der Waals surface area contributed by atoms with E-state index in [2.05, 4.69) is 77.2 Å². The molecule has 0 bridgehead atoms. The summed E-state index contributed by atoms with van der Waals surface area (Å²) in [7, 11) is 0. The van der Waals surface area contributed by atoms with Crippen LogP contribution in [0.3, 0.4) is 0 Å². The minimum Gasteiger partial charge on any atom is -0.324 e. The molecule has 1 atom stereocenters. The SMILES string of the molecule is NC(CCCc1ccccc1)c1cccc(I)c1. The van der Waals surface area contributed by atoms with E-state index < -0.39 is 0 Å². The highest BCUT2D eigenvalue weighted by Crippen LogP contribution is 2.19. The molecule has 2 N–H and O–H groups in total. The van der Waals surface area contributed by atoms with Gasteiger partial charge in [0.2, 0.25) is 0 Å². The molecule has 0 amide bonds. The van der Waals surface area contributed by atoms with Crippen molar-refractivity contribution >= 4 is 22.6 Å². The van der Waals surface area contributed by atoms with Crippen LogP contribution in [0.2, 0.25) is 0 Å². The fourth-order valence-electron chi connectivity index (χ4n) is 2.07. The Bertz CT molecular complexity index is 481. The molecule has 2 rings (SSSR count). The lowest BCUT2D eigenvalue weighted by molar-refractivity contribution is 0.611. The zero-order chi connectivity index (χ0) is 12.8. The number of hydrogen-bond donors (Lipinski definition) is 1. The van der Waals surface area contributed by atoms with Crippen LogP contribution >= 0.6 is 22.6 Å². The zero-order valence-corrected chi connectivity index (χ0v) is 12.5. The van der Waals surface area contributed by atoms with Gasteiger partial charge in [-0.2, -0.15) is 0 Å². The Kier molecular flexibility index (Phi) is 5.20. The van der Waals surface area contributed by atoms with Gasteiger partial charge in [0.25, 0.3) is 0 Å². The van der Waals surface area contributed by atoms with E-state index in [4.69, 9.17) is 5.73 Å². The van der Waals surface area contributed by atoms with Crippen LogP contribution in [0.5, 0.6) is 0 Å². The molecule has 1 nitrogen and oxygen atoms in total. The standard InChI is InChI=1S/C16H18IN/c17-15-10-5-9-14(12-15)16(18)11-4-8-13-6-2-1-3-7-13/h1-3,5-7,9-10,12,16H,4,8,11,18H2. The highest BCUT2D eigenvalue weighted by atomic mass is 127. The molecule has 0 aliphatic heterocycles. The van der Waals surface area contributed by atoms with Crippen LogP contribution in [0.25, 0.3) is 0 Å². The van der Waals surface area contributed by atoms with Crippen LogP contribution in [0.4, 0.5) is 0 Å². The summed E-state index contributed by atoms with van der Waals surface area (Å²) in [5.74, 6) is 0. The van der Waals surface area contributed by atoms with Crippen LogP contribution in [-0.4, -0.2) is 0 Å². The van der Waals surface area contributed by atoms with Gasteiger partial charge in [-0.25, -0.2) is 0 Å². The van der Waals surface area contributed by atoms with Crippen molar-refractivity contribution in [2.24, 2.45) is 5.73 Å². The first kappa shape index (κ1) is 13.6. The summed E-state index contributed by atoms with van der Waals surface area (Å²) in [4.78, 5) is 0. The summed E-state index contributed by atoms with van der Waals surface area (Å²) in [6.07, 6.45) is 3.28.